The third-order valence-electron chi connectivity index (χ3n) is 4.55. The van der Waals surface area contributed by atoms with Gasteiger partial charge in [0.2, 0.25) is 0 Å². The lowest BCUT2D eigenvalue weighted by Gasteiger charge is -2.31. The van der Waals surface area contributed by atoms with E-state index in [1.807, 2.05) is 17.0 Å². The number of anilines is 1. The molecule has 1 aliphatic rings. The molecule has 2 aromatic heterocycles. The topological polar surface area (TPSA) is 94.9 Å². The van der Waals surface area contributed by atoms with Gasteiger partial charge in [-0.1, -0.05) is 6.07 Å². The van der Waals surface area contributed by atoms with E-state index >= 15 is 0 Å². The van der Waals surface area contributed by atoms with Crippen LogP contribution in [0.2, 0.25) is 0 Å². The first-order valence-corrected chi connectivity index (χ1v) is 8.46. The quantitative estimate of drug-likeness (QED) is 0.527. The van der Waals surface area contributed by atoms with Crippen LogP contribution < -0.4 is 20.7 Å². The summed E-state index contributed by atoms with van der Waals surface area (Å²) in [6, 6.07) is 7.19. The van der Waals surface area contributed by atoms with Crippen molar-refractivity contribution in [3.63, 3.8) is 0 Å². The molecule has 0 bridgehead atoms. The van der Waals surface area contributed by atoms with E-state index in [1.54, 1.807) is 18.3 Å². The monoisotopic (exact) mass is 353 g/mol. The van der Waals surface area contributed by atoms with Crippen molar-refractivity contribution in [1.82, 2.24) is 14.7 Å². The maximum atomic E-state index is 13.0. The zero-order valence-corrected chi connectivity index (χ0v) is 14.8. The second-order valence-electron chi connectivity index (χ2n) is 6.28. The molecule has 1 saturated heterocycles. The van der Waals surface area contributed by atoms with E-state index in [9.17, 15) is 14.9 Å². The van der Waals surface area contributed by atoms with Crippen molar-refractivity contribution in [1.29, 1.82) is 5.26 Å². The smallest absolute Gasteiger partial charge is 0.267 e. The van der Waals surface area contributed by atoms with E-state index in [0.29, 0.717) is 11.5 Å². The van der Waals surface area contributed by atoms with E-state index in [0.717, 1.165) is 26.2 Å². The fourth-order valence-corrected chi connectivity index (χ4v) is 2.99. The Hall–Kier alpha value is -3.18. The summed E-state index contributed by atoms with van der Waals surface area (Å²) in [4.78, 5) is 33.0. The van der Waals surface area contributed by atoms with Crippen molar-refractivity contribution in [2.45, 2.75) is 0 Å². The standard InChI is InChI=1S/C18H20N6O2/c1-20-17(25)13(12-19)11-14-16(23-9-7-22(2)8-10-23)21-15-5-3-4-6-24(15)18(14)26/h3-6,11H,7-10H2,1-2H3,(H,20,25)/p+1/b13-11+. The van der Waals surface area contributed by atoms with Gasteiger partial charge >= 0.3 is 0 Å². The number of piperazine rings is 1. The minimum Gasteiger partial charge on any atom is -0.354 e. The SMILES string of the molecule is CNC(=O)/C(C#N)=C/c1c(N2CC[NH+](C)CC2)nc2ccccn2c1=O. The van der Waals surface area contributed by atoms with Crippen LogP contribution in [0.3, 0.4) is 0 Å². The number of likely N-dealkylation sites (N-methyl/N-ethyl adjacent to an activating group) is 2. The highest BCUT2D eigenvalue weighted by Crippen LogP contribution is 2.19. The van der Waals surface area contributed by atoms with Crippen LogP contribution in [0.25, 0.3) is 11.7 Å². The van der Waals surface area contributed by atoms with Crippen molar-refractivity contribution in [3.8, 4) is 6.07 Å². The van der Waals surface area contributed by atoms with Gasteiger partial charge in [0.15, 0.2) is 0 Å². The number of nitrogens with one attached hydrogen (secondary N) is 2. The maximum absolute atomic E-state index is 13.0. The van der Waals surface area contributed by atoms with Crippen molar-refractivity contribution < 1.29 is 9.69 Å². The molecular formula is C18H21N6O2+. The van der Waals surface area contributed by atoms with E-state index in [4.69, 9.17) is 0 Å². The number of nitriles is 1. The minimum absolute atomic E-state index is 0.122. The highest BCUT2D eigenvalue weighted by Gasteiger charge is 2.23. The molecule has 2 aromatic rings. The summed E-state index contributed by atoms with van der Waals surface area (Å²) < 4.78 is 1.43. The van der Waals surface area contributed by atoms with Gasteiger partial charge in [0.25, 0.3) is 11.5 Å². The zero-order valence-electron chi connectivity index (χ0n) is 14.8. The number of amides is 1. The number of fused-ring (bicyclic) bond motifs is 1. The van der Waals surface area contributed by atoms with Gasteiger partial charge in [0.05, 0.1) is 38.8 Å². The fourth-order valence-electron chi connectivity index (χ4n) is 2.99. The Kier molecular flexibility index (Phi) is 5.00. The van der Waals surface area contributed by atoms with Gasteiger partial charge in [-0.2, -0.15) is 5.26 Å². The van der Waals surface area contributed by atoms with Gasteiger partial charge in [-0.3, -0.25) is 14.0 Å². The van der Waals surface area contributed by atoms with Crippen LogP contribution in [0.4, 0.5) is 5.82 Å². The van der Waals surface area contributed by atoms with Crippen molar-refractivity contribution in [3.05, 3.63) is 45.9 Å². The summed E-state index contributed by atoms with van der Waals surface area (Å²) in [6.07, 6.45) is 2.97. The Labute approximate surface area is 151 Å². The maximum Gasteiger partial charge on any atom is 0.267 e. The Morgan fingerprint density at radius 3 is 2.77 bits per heavy atom. The number of carbonyl (C=O) groups is 1. The molecule has 1 amide bonds. The largest absolute Gasteiger partial charge is 0.354 e. The number of hydrogen-bond donors (Lipinski definition) is 2. The van der Waals surface area contributed by atoms with Crippen LogP contribution in [0.15, 0.2) is 34.8 Å². The molecule has 134 valence electrons. The summed E-state index contributed by atoms with van der Waals surface area (Å²) in [5, 5.41) is 11.7. The molecule has 8 heteroatoms. The second kappa shape index (κ2) is 7.37. The van der Waals surface area contributed by atoms with E-state index < -0.39 is 5.91 Å². The lowest BCUT2D eigenvalue weighted by atomic mass is 10.1. The Bertz CT molecular complexity index is 964. The van der Waals surface area contributed by atoms with Crippen LogP contribution in [0, 0.1) is 11.3 Å². The Morgan fingerprint density at radius 1 is 1.38 bits per heavy atom. The molecule has 3 rings (SSSR count). The molecule has 0 aromatic carbocycles. The molecular weight excluding hydrogens is 332 g/mol. The predicted molar refractivity (Wildman–Crippen MR) is 98.0 cm³/mol. The molecule has 0 saturated carbocycles. The Balaban J connectivity index is 2.21. The van der Waals surface area contributed by atoms with Crippen molar-refractivity contribution in [2.75, 3.05) is 45.2 Å². The zero-order chi connectivity index (χ0) is 18.7. The first-order chi connectivity index (χ1) is 12.5. The van der Waals surface area contributed by atoms with Crippen LogP contribution in [0.5, 0.6) is 0 Å². The van der Waals surface area contributed by atoms with Crippen LogP contribution in [-0.2, 0) is 4.79 Å². The van der Waals surface area contributed by atoms with Gasteiger partial charge in [-0.05, 0) is 18.2 Å². The number of quaternary nitrogens is 1. The number of aromatic nitrogens is 2. The minimum atomic E-state index is -0.529. The molecule has 8 nitrogen and oxygen atoms in total. The number of carbonyl (C=O) groups excluding carboxylic acids is 1. The van der Waals surface area contributed by atoms with Gasteiger partial charge in [-0.25, -0.2) is 4.98 Å². The normalized spacial score (nSPS) is 15.7. The molecule has 0 atom stereocenters. The number of nitrogens with zero attached hydrogens (tertiary/aromatic N) is 4. The molecule has 0 radical (unpaired) electrons. The summed E-state index contributed by atoms with van der Waals surface area (Å²) in [6.45, 7) is 3.37. The fraction of sp³-hybridized carbons (Fsp3) is 0.333. The summed E-state index contributed by atoms with van der Waals surface area (Å²) in [7, 11) is 3.57. The number of hydrogen-bond acceptors (Lipinski definition) is 5. The second-order valence-corrected chi connectivity index (χ2v) is 6.28. The molecule has 0 unspecified atom stereocenters. The molecule has 1 fully saturated rings. The van der Waals surface area contributed by atoms with Crippen LogP contribution >= 0.6 is 0 Å². The van der Waals surface area contributed by atoms with E-state index in [2.05, 4.69) is 17.3 Å². The molecule has 26 heavy (non-hydrogen) atoms. The van der Waals surface area contributed by atoms with Crippen LogP contribution in [-0.4, -0.2) is 55.6 Å². The van der Waals surface area contributed by atoms with Gasteiger partial charge in [-0.15, -0.1) is 0 Å². The lowest BCUT2D eigenvalue weighted by molar-refractivity contribution is -0.880. The van der Waals surface area contributed by atoms with E-state index in [1.165, 1.54) is 22.4 Å². The molecule has 1 aliphatic heterocycles. The first kappa shape index (κ1) is 17.6. The summed E-state index contributed by atoms with van der Waals surface area (Å²) in [5.41, 5.74) is 0.375. The van der Waals surface area contributed by atoms with Gasteiger partial charge in [0, 0.05) is 13.2 Å². The highest BCUT2D eigenvalue weighted by molar-refractivity contribution is 6.02. The van der Waals surface area contributed by atoms with Crippen molar-refractivity contribution in [2.24, 2.45) is 0 Å². The number of rotatable bonds is 3. The van der Waals surface area contributed by atoms with Gasteiger partial charge in [0.1, 0.15) is 23.1 Å². The van der Waals surface area contributed by atoms with E-state index in [-0.39, 0.29) is 16.7 Å². The third-order valence-corrected chi connectivity index (χ3v) is 4.55. The average molecular weight is 353 g/mol. The average Bonchev–Trinajstić information content (AvgIpc) is 2.67. The lowest BCUT2D eigenvalue weighted by Crippen LogP contribution is -3.12. The van der Waals surface area contributed by atoms with Gasteiger partial charge < -0.3 is 15.1 Å². The summed E-state index contributed by atoms with van der Waals surface area (Å²) >= 11 is 0. The summed E-state index contributed by atoms with van der Waals surface area (Å²) in [5.74, 6) is -0.0100. The molecule has 3 heterocycles. The van der Waals surface area contributed by atoms with Crippen molar-refractivity contribution >= 4 is 23.4 Å². The molecule has 0 spiro atoms. The highest BCUT2D eigenvalue weighted by atomic mass is 16.1. The first-order valence-electron chi connectivity index (χ1n) is 8.46. The number of pyridine rings is 1. The third kappa shape index (κ3) is 3.30. The van der Waals surface area contributed by atoms with Crippen LogP contribution in [0.1, 0.15) is 5.56 Å². The molecule has 2 N–H and O–H groups in total. The predicted octanol–water partition coefficient (Wildman–Crippen LogP) is -1.32. The molecule has 0 aliphatic carbocycles. The Morgan fingerprint density at radius 2 is 2.12 bits per heavy atom.